The topological polar surface area (TPSA) is 12.0 Å². The van der Waals surface area contributed by atoms with Gasteiger partial charge in [0, 0.05) is 12.6 Å². The van der Waals surface area contributed by atoms with Crippen LogP contribution < -0.4 is 5.32 Å². The molecule has 0 radical (unpaired) electrons. The number of unbranched alkanes of at least 4 members (excludes halogenated alkanes) is 2. The van der Waals surface area contributed by atoms with E-state index >= 15 is 0 Å². The Balaban J connectivity index is 2.26. The third-order valence-corrected chi connectivity index (χ3v) is 6.07. The van der Waals surface area contributed by atoms with E-state index in [4.69, 9.17) is 0 Å². The molecule has 0 aromatic heterocycles. The number of rotatable bonds is 9. The molecule has 1 aliphatic carbocycles. The first-order valence-electron chi connectivity index (χ1n) is 9.54. The van der Waals surface area contributed by atoms with Crippen LogP contribution in [-0.2, 0) is 0 Å². The van der Waals surface area contributed by atoms with Gasteiger partial charge in [-0.3, -0.25) is 0 Å². The smallest absolute Gasteiger partial charge is 0.00675 e. The lowest BCUT2D eigenvalue weighted by atomic mass is 9.69. The minimum Gasteiger partial charge on any atom is -0.313 e. The van der Waals surface area contributed by atoms with Gasteiger partial charge in [0.1, 0.15) is 0 Å². The molecule has 0 spiro atoms. The summed E-state index contributed by atoms with van der Waals surface area (Å²) < 4.78 is 0. The maximum atomic E-state index is 3.88. The first-order valence-corrected chi connectivity index (χ1v) is 9.54. The van der Waals surface area contributed by atoms with Gasteiger partial charge in [-0.2, -0.15) is 0 Å². The fraction of sp³-hybridized carbons (Fsp3) is 1.00. The SMILES string of the molecule is CCCCCC(C)(C)CNC1CCC(C(C)(C)CC)CC1. The van der Waals surface area contributed by atoms with Gasteiger partial charge in [-0.15, -0.1) is 0 Å². The largest absolute Gasteiger partial charge is 0.313 e. The molecule has 1 fully saturated rings. The third kappa shape index (κ3) is 6.72. The maximum Gasteiger partial charge on any atom is 0.00675 e. The van der Waals surface area contributed by atoms with Crippen molar-refractivity contribution in [2.24, 2.45) is 16.7 Å². The Morgan fingerprint density at radius 1 is 0.905 bits per heavy atom. The molecule has 1 aliphatic rings. The molecule has 0 aromatic rings. The predicted octanol–water partition coefficient (Wildman–Crippen LogP) is 6.18. The van der Waals surface area contributed by atoms with Crippen molar-refractivity contribution in [1.29, 1.82) is 0 Å². The number of hydrogen-bond donors (Lipinski definition) is 1. The van der Waals surface area contributed by atoms with Gasteiger partial charge in [-0.05, 0) is 48.9 Å². The second kappa shape index (κ2) is 8.56. The molecule has 21 heavy (non-hydrogen) atoms. The van der Waals surface area contributed by atoms with Crippen LogP contribution in [0.15, 0.2) is 0 Å². The lowest BCUT2D eigenvalue weighted by Gasteiger charge is -2.40. The van der Waals surface area contributed by atoms with Crippen molar-refractivity contribution in [1.82, 2.24) is 5.32 Å². The van der Waals surface area contributed by atoms with Crippen molar-refractivity contribution in [3.8, 4) is 0 Å². The van der Waals surface area contributed by atoms with Crippen LogP contribution in [0.5, 0.6) is 0 Å². The average molecular weight is 296 g/mol. The molecule has 1 saturated carbocycles. The normalized spacial score (nSPS) is 24.3. The first-order chi connectivity index (χ1) is 9.80. The Hall–Kier alpha value is -0.0400. The van der Waals surface area contributed by atoms with E-state index in [1.54, 1.807) is 0 Å². The molecule has 0 heterocycles. The second-order valence-electron chi connectivity index (χ2n) is 8.89. The summed E-state index contributed by atoms with van der Waals surface area (Å²) in [6.45, 7) is 15.6. The Morgan fingerprint density at radius 2 is 1.52 bits per heavy atom. The fourth-order valence-electron chi connectivity index (χ4n) is 3.73. The van der Waals surface area contributed by atoms with Crippen LogP contribution in [0, 0.1) is 16.7 Å². The summed E-state index contributed by atoms with van der Waals surface area (Å²) in [4.78, 5) is 0. The van der Waals surface area contributed by atoms with Gasteiger partial charge >= 0.3 is 0 Å². The number of hydrogen-bond acceptors (Lipinski definition) is 1. The van der Waals surface area contributed by atoms with Crippen LogP contribution in [0.3, 0.4) is 0 Å². The fourth-order valence-corrected chi connectivity index (χ4v) is 3.73. The second-order valence-corrected chi connectivity index (χ2v) is 8.89. The Labute approximate surface area is 134 Å². The zero-order chi connectivity index (χ0) is 15.9. The summed E-state index contributed by atoms with van der Waals surface area (Å²) >= 11 is 0. The summed E-state index contributed by atoms with van der Waals surface area (Å²) in [6.07, 6.45) is 12.4. The molecule has 1 N–H and O–H groups in total. The lowest BCUT2D eigenvalue weighted by Crippen LogP contribution is -2.41. The van der Waals surface area contributed by atoms with Gasteiger partial charge in [0.05, 0.1) is 0 Å². The summed E-state index contributed by atoms with van der Waals surface area (Å²) in [7, 11) is 0. The summed E-state index contributed by atoms with van der Waals surface area (Å²) in [6, 6.07) is 0.777. The van der Waals surface area contributed by atoms with E-state index in [2.05, 4.69) is 46.9 Å². The van der Waals surface area contributed by atoms with E-state index < -0.39 is 0 Å². The van der Waals surface area contributed by atoms with Gasteiger partial charge in [0.25, 0.3) is 0 Å². The molecule has 0 bridgehead atoms. The van der Waals surface area contributed by atoms with E-state index in [-0.39, 0.29) is 0 Å². The zero-order valence-electron chi connectivity index (χ0n) is 15.7. The monoisotopic (exact) mass is 295 g/mol. The highest BCUT2D eigenvalue weighted by Crippen LogP contribution is 2.40. The van der Waals surface area contributed by atoms with E-state index in [1.807, 2.05) is 0 Å². The Kier molecular flexibility index (Phi) is 7.74. The predicted molar refractivity (Wildman–Crippen MR) is 95.7 cm³/mol. The molecule has 126 valence electrons. The van der Waals surface area contributed by atoms with Crippen molar-refractivity contribution >= 4 is 0 Å². The van der Waals surface area contributed by atoms with Crippen LogP contribution in [-0.4, -0.2) is 12.6 Å². The van der Waals surface area contributed by atoms with Crippen molar-refractivity contribution in [2.45, 2.75) is 105 Å². The molecule has 0 amide bonds. The molecule has 1 rings (SSSR count). The van der Waals surface area contributed by atoms with Gasteiger partial charge in [0.2, 0.25) is 0 Å². The standard InChI is InChI=1S/C20H41N/c1-7-9-10-15-19(3,4)16-21-18-13-11-17(12-14-18)20(5,6)8-2/h17-18,21H,7-16H2,1-6H3. The lowest BCUT2D eigenvalue weighted by molar-refractivity contribution is 0.133. The molecule has 0 unspecified atom stereocenters. The Morgan fingerprint density at radius 3 is 2.05 bits per heavy atom. The van der Waals surface area contributed by atoms with E-state index in [0.29, 0.717) is 10.8 Å². The van der Waals surface area contributed by atoms with Crippen LogP contribution in [0.1, 0.15) is 99.3 Å². The highest BCUT2D eigenvalue weighted by atomic mass is 14.9. The highest BCUT2D eigenvalue weighted by Gasteiger charge is 2.32. The molecule has 0 aliphatic heterocycles. The third-order valence-electron chi connectivity index (χ3n) is 6.07. The van der Waals surface area contributed by atoms with E-state index in [0.717, 1.165) is 12.0 Å². The maximum absolute atomic E-state index is 3.88. The highest BCUT2D eigenvalue weighted by molar-refractivity contribution is 4.86. The van der Waals surface area contributed by atoms with Crippen molar-refractivity contribution < 1.29 is 0 Å². The van der Waals surface area contributed by atoms with Crippen molar-refractivity contribution in [3.63, 3.8) is 0 Å². The van der Waals surface area contributed by atoms with Gasteiger partial charge in [-0.1, -0.05) is 67.2 Å². The Bertz CT molecular complexity index is 272. The minimum atomic E-state index is 0.467. The summed E-state index contributed by atoms with van der Waals surface area (Å²) in [5.74, 6) is 0.943. The van der Waals surface area contributed by atoms with Crippen molar-refractivity contribution in [3.05, 3.63) is 0 Å². The number of nitrogens with one attached hydrogen (secondary N) is 1. The van der Waals surface area contributed by atoms with Gasteiger partial charge in [0.15, 0.2) is 0 Å². The van der Waals surface area contributed by atoms with Crippen LogP contribution in [0.4, 0.5) is 0 Å². The van der Waals surface area contributed by atoms with Crippen molar-refractivity contribution in [2.75, 3.05) is 6.54 Å². The molecule has 1 nitrogen and oxygen atoms in total. The molecule has 0 saturated heterocycles. The van der Waals surface area contributed by atoms with Gasteiger partial charge in [-0.25, -0.2) is 0 Å². The molecule has 1 heteroatoms. The molecule has 0 atom stereocenters. The van der Waals surface area contributed by atoms with E-state index in [1.165, 1.54) is 64.3 Å². The van der Waals surface area contributed by atoms with Crippen LogP contribution in [0.25, 0.3) is 0 Å². The van der Waals surface area contributed by atoms with E-state index in [9.17, 15) is 0 Å². The van der Waals surface area contributed by atoms with Crippen LogP contribution >= 0.6 is 0 Å². The molecule has 0 aromatic carbocycles. The molecular weight excluding hydrogens is 254 g/mol. The summed E-state index contributed by atoms with van der Waals surface area (Å²) in [5.41, 5.74) is 1.01. The van der Waals surface area contributed by atoms with Gasteiger partial charge < -0.3 is 5.32 Å². The summed E-state index contributed by atoms with van der Waals surface area (Å²) in [5, 5.41) is 3.88. The molecular formula is C20H41N. The zero-order valence-corrected chi connectivity index (χ0v) is 15.7. The first kappa shape index (κ1) is 19.0. The minimum absolute atomic E-state index is 0.467. The quantitative estimate of drug-likeness (QED) is 0.501. The van der Waals surface area contributed by atoms with Crippen LogP contribution in [0.2, 0.25) is 0 Å². The average Bonchev–Trinajstić information content (AvgIpc) is 2.46.